The van der Waals surface area contributed by atoms with E-state index in [1.54, 1.807) is 24.3 Å². The van der Waals surface area contributed by atoms with E-state index in [1.165, 1.54) is 0 Å². The fourth-order valence-electron chi connectivity index (χ4n) is 0.902. The number of nitrogens with one attached hydrogen (secondary N) is 2. The minimum Gasteiger partial charge on any atom is -0.308 e. The molecule has 0 aromatic heterocycles. The van der Waals surface area contributed by atoms with Crippen LogP contribution in [0.15, 0.2) is 29.2 Å². The fourth-order valence-corrected chi connectivity index (χ4v) is 1.77. The predicted molar refractivity (Wildman–Crippen MR) is 40.4 cm³/mol. The molecule has 1 aromatic rings. The standard InChI is InChI=1S/C6H6N2O2S/c9-11(10)6-3-1-5(2-4-6)7-8-11/h1-4,7-8H. The molecule has 4 nitrogen and oxygen atoms in total. The molecule has 0 radical (unpaired) electrons. The molecular weight excluding hydrogens is 164 g/mol. The first-order valence-corrected chi connectivity index (χ1v) is 4.55. The molecule has 2 bridgehead atoms. The molecule has 3 rings (SSSR count). The van der Waals surface area contributed by atoms with Crippen molar-refractivity contribution in [2.24, 2.45) is 0 Å². The molecule has 0 saturated carbocycles. The molecule has 0 saturated heterocycles. The zero-order chi connectivity index (χ0) is 7.90. The Morgan fingerprint density at radius 3 is 2.36 bits per heavy atom. The smallest absolute Gasteiger partial charge is 0.257 e. The molecule has 0 atom stereocenters. The zero-order valence-electron chi connectivity index (χ0n) is 5.53. The Kier molecular flexibility index (Phi) is 1.18. The van der Waals surface area contributed by atoms with Crippen LogP contribution >= 0.6 is 0 Å². The molecule has 0 spiro atoms. The number of fused-ring (bicyclic) bond motifs is 4. The number of hydrogen-bond donors (Lipinski definition) is 2. The lowest BCUT2D eigenvalue weighted by molar-refractivity contribution is 0.589. The van der Waals surface area contributed by atoms with Crippen LogP contribution in [-0.4, -0.2) is 8.42 Å². The van der Waals surface area contributed by atoms with E-state index < -0.39 is 10.0 Å². The summed E-state index contributed by atoms with van der Waals surface area (Å²) in [6.45, 7) is 0. The zero-order valence-corrected chi connectivity index (χ0v) is 6.35. The molecule has 1 aromatic carbocycles. The summed E-state index contributed by atoms with van der Waals surface area (Å²) in [5.41, 5.74) is 3.29. The lowest BCUT2D eigenvalue weighted by Gasteiger charge is -2.00. The highest BCUT2D eigenvalue weighted by Gasteiger charge is 2.16. The van der Waals surface area contributed by atoms with Gasteiger partial charge in [-0.2, -0.15) is 0 Å². The highest BCUT2D eigenvalue weighted by molar-refractivity contribution is 7.89. The molecule has 5 heteroatoms. The van der Waals surface area contributed by atoms with Gasteiger partial charge in [0.2, 0.25) is 0 Å². The topological polar surface area (TPSA) is 58.2 Å². The molecule has 2 heterocycles. The van der Waals surface area contributed by atoms with Crippen LogP contribution < -0.4 is 10.3 Å². The monoisotopic (exact) mass is 170 g/mol. The summed E-state index contributed by atoms with van der Waals surface area (Å²) < 4.78 is 22.3. The van der Waals surface area contributed by atoms with E-state index in [2.05, 4.69) is 10.3 Å². The average molecular weight is 170 g/mol. The summed E-state index contributed by atoms with van der Waals surface area (Å²) in [5.74, 6) is 0. The van der Waals surface area contributed by atoms with Crippen LogP contribution in [0.25, 0.3) is 0 Å². The van der Waals surface area contributed by atoms with E-state index in [0.717, 1.165) is 5.69 Å². The van der Waals surface area contributed by atoms with Crippen molar-refractivity contribution in [1.82, 2.24) is 4.83 Å². The Morgan fingerprint density at radius 1 is 1.09 bits per heavy atom. The van der Waals surface area contributed by atoms with Crippen molar-refractivity contribution in [2.45, 2.75) is 4.90 Å². The minimum atomic E-state index is -3.31. The summed E-state index contributed by atoms with van der Waals surface area (Å²) in [6, 6.07) is 6.51. The van der Waals surface area contributed by atoms with E-state index in [0.29, 0.717) is 0 Å². The first-order chi connectivity index (χ1) is 5.18. The summed E-state index contributed by atoms with van der Waals surface area (Å²) in [4.78, 5) is 2.49. The second kappa shape index (κ2) is 1.96. The van der Waals surface area contributed by atoms with E-state index in [1.807, 2.05) is 0 Å². The van der Waals surface area contributed by atoms with Crippen LogP contribution in [0, 0.1) is 0 Å². The van der Waals surface area contributed by atoms with E-state index in [4.69, 9.17) is 0 Å². The van der Waals surface area contributed by atoms with E-state index in [-0.39, 0.29) is 4.90 Å². The van der Waals surface area contributed by atoms with Crippen LogP contribution in [0.2, 0.25) is 0 Å². The van der Waals surface area contributed by atoms with Gasteiger partial charge in [0, 0.05) is 5.69 Å². The van der Waals surface area contributed by atoms with Crippen molar-refractivity contribution in [1.29, 1.82) is 0 Å². The molecule has 11 heavy (non-hydrogen) atoms. The van der Waals surface area contributed by atoms with Crippen molar-refractivity contribution in [3.05, 3.63) is 24.3 Å². The first kappa shape index (κ1) is 6.63. The Balaban J connectivity index is 2.72. The van der Waals surface area contributed by atoms with Crippen molar-refractivity contribution >= 4 is 15.7 Å². The van der Waals surface area contributed by atoms with E-state index >= 15 is 0 Å². The Hall–Kier alpha value is -1.07. The number of hydrazine groups is 1. The van der Waals surface area contributed by atoms with Crippen LogP contribution in [0.3, 0.4) is 0 Å². The highest BCUT2D eigenvalue weighted by atomic mass is 32.2. The lowest BCUT2D eigenvalue weighted by Crippen LogP contribution is -2.27. The predicted octanol–water partition coefficient (Wildman–Crippen LogP) is 0.305. The van der Waals surface area contributed by atoms with Crippen LogP contribution in [0.4, 0.5) is 5.69 Å². The molecule has 0 aliphatic carbocycles. The number of anilines is 1. The van der Waals surface area contributed by atoms with Gasteiger partial charge < -0.3 is 5.43 Å². The second-order valence-electron chi connectivity index (χ2n) is 2.25. The maximum atomic E-state index is 11.1. The Morgan fingerprint density at radius 2 is 1.73 bits per heavy atom. The summed E-state index contributed by atoms with van der Waals surface area (Å²) in [7, 11) is -3.31. The molecule has 2 aliphatic rings. The maximum absolute atomic E-state index is 11.1. The van der Waals surface area contributed by atoms with Gasteiger partial charge in [-0.05, 0) is 24.3 Å². The molecule has 0 fully saturated rings. The third kappa shape index (κ3) is 0.979. The quantitative estimate of drug-likeness (QED) is 0.589. The third-order valence-electron chi connectivity index (χ3n) is 1.49. The van der Waals surface area contributed by atoms with Crippen molar-refractivity contribution in [3.8, 4) is 0 Å². The first-order valence-electron chi connectivity index (χ1n) is 3.06. The normalized spacial score (nSPS) is 18.9. The van der Waals surface area contributed by atoms with Gasteiger partial charge in [-0.25, -0.2) is 8.42 Å². The van der Waals surface area contributed by atoms with Crippen molar-refractivity contribution < 1.29 is 8.42 Å². The number of hydrogen-bond acceptors (Lipinski definition) is 3. The van der Waals surface area contributed by atoms with Crippen LogP contribution in [0.5, 0.6) is 0 Å². The Bertz CT molecular complexity index is 368. The molecule has 2 aliphatic heterocycles. The summed E-state index contributed by atoms with van der Waals surface area (Å²) in [6.07, 6.45) is 0. The Labute approximate surface area is 64.3 Å². The van der Waals surface area contributed by atoms with Gasteiger partial charge in [-0.3, -0.25) is 0 Å². The van der Waals surface area contributed by atoms with Gasteiger partial charge in [0.25, 0.3) is 10.0 Å². The molecular formula is C6H6N2O2S. The van der Waals surface area contributed by atoms with Gasteiger partial charge in [0.05, 0.1) is 4.90 Å². The number of sulfonamides is 1. The van der Waals surface area contributed by atoms with Gasteiger partial charge in [0.1, 0.15) is 0 Å². The van der Waals surface area contributed by atoms with E-state index in [9.17, 15) is 8.42 Å². The number of rotatable bonds is 0. The molecule has 2 N–H and O–H groups in total. The van der Waals surface area contributed by atoms with Crippen LogP contribution in [0.1, 0.15) is 0 Å². The maximum Gasteiger partial charge on any atom is 0.257 e. The van der Waals surface area contributed by atoms with Crippen molar-refractivity contribution in [3.63, 3.8) is 0 Å². The van der Waals surface area contributed by atoms with Gasteiger partial charge >= 0.3 is 0 Å². The largest absolute Gasteiger partial charge is 0.308 e. The lowest BCUT2D eigenvalue weighted by atomic mass is 10.3. The van der Waals surface area contributed by atoms with Crippen LogP contribution in [-0.2, 0) is 10.0 Å². The highest BCUT2D eigenvalue weighted by Crippen LogP contribution is 2.16. The van der Waals surface area contributed by atoms with Crippen molar-refractivity contribution in [2.75, 3.05) is 5.43 Å². The SMILES string of the molecule is O=S1(=O)NNc2ccc1cc2. The third-order valence-corrected chi connectivity index (χ3v) is 2.76. The van der Waals surface area contributed by atoms with Gasteiger partial charge in [-0.15, -0.1) is 4.83 Å². The molecule has 58 valence electrons. The summed E-state index contributed by atoms with van der Waals surface area (Å²) >= 11 is 0. The molecule has 0 unspecified atom stereocenters. The minimum absolute atomic E-state index is 0.284. The van der Waals surface area contributed by atoms with Gasteiger partial charge in [0.15, 0.2) is 0 Å². The van der Waals surface area contributed by atoms with Gasteiger partial charge in [-0.1, -0.05) is 0 Å². The fraction of sp³-hybridized carbons (Fsp3) is 0. The average Bonchev–Trinajstić information content (AvgIpc) is 2.21. The number of benzene rings is 1. The second-order valence-corrected chi connectivity index (χ2v) is 3.94. The summed E-state index contributed by atoms with van der Waals surface area (Å²) in [5, 5.41) is 0. The molecule has 0 amide bonds.